The molecule has 1 aromatic heterocycles. The first kappa shape index (κ1) is 20.5. The number of fused-ring (bicyclic) bond motifs is 1. The lowest BCUT2D eigenvalue weighted by atomic mass is 10.1. The number of hydrogen-bond acceptors (Lipinski definition) is 5. The van der Waals surface area contributed by atoms with Crippen LogP contribution in [-0.4, -0.2) is 40.5 Å². The molecule has 7 heteroatoms. The number of benzene rings is 2. The van der Waals surface area contributed by atoms with Crippen LogP contribution in [0.15, 0.2) is 59.6 Å². The fourth-order valence-corrected chi connectivity index (χ4v) is 4.59. The molecule has 2 heterocycles. The molecule has 5 nitrogen and oxygen atoms in total. The van der Waals surface area contributed by atoms with E-state index in [1.54, 1.807) is 14.2 Å². The van der Waals surface area contributed by atoms with Gasteiger partial charge in [-0.05, 0) is 30.7 Å². The van der Waals surface area contributed by atoms with E-state index in [4.69, 9.17) is 21.7 Å². The molecule has 0 bridgehead atoms. The molecule has 4 rings (SSSR count). The van der Waals surface area contributed by atoms with E-state index in [1.165, 1.54) is 16.7 Å². The Labute approximate surface area is 185 Å². The monoisotopic (exact) mass is 438 g/mol. The van der Waals surface area contributed by atoms with Gasteiger partial charge in [-0.25, -0.2) is 0 Å². The fourth-order valence-electron chi connectivity index (χ4n) is 3.42. The Balaban J connectivity index is 1.50. The Bertz CT molecular complexity index is 1140. The number of aromatic nitrogens is 1. The average molecular weight is 439 g/mol. The molecule has 0 radical (unpaired) electrons. The normalized spacial score (nSPS) is 15.4. The first-order valence-electron chi connectivity index (χ1n) is 9.63. The molecule has 154 valence electrons. The largest absolute Gasteiger partial charge is 0.493 e. The average Bonchev–Trinajstić information content (AvgIpc) is 3.24. The summed E-state index contributed by atoms with van der Waals surface area (Å²) in [6, 6.07) is 15.9. The van der Waals surface area contributed by atoms with Gasteiger partial charge in [0.15, 0.2) is 11.5 Å². The molecular weight excluding hydrogens is 416 g/mol. The number of thiocarbonyl (C=S) groups is 1. The lowest BCUT2D eigenvalue weighted by Gasteiger charge is -2.11. The van der Waals surface area contributed by atoms with Crippen molar-refractivity contribution in [2.45, 2.75) is 13.0 Å². The maximum absolute atomic E-state index is 12.4. The highest BCUT2D eigenvalue weighted by Gasteiger charge is 2.29. The molecule has 1 amide bonds. The fraction of sp³-hybridized carbons (Fsp3) is 0.217. The second-order valence-electron chi connectivity index (χ2n) is 6.89. The predicted molar refractivity (Wildman–Crippen MR) is 126 cm³/mol. The van der Waals surface area contributed by atoms with Gasteiger partial charge in [-0.2, -0.15) is 0 Å². The minimum Gasteiger partial charge on any atom is -0.493 e. The summed E-state index contributed by atoms with van der Waals surface area (Å²) in [5.74, 6) is 1.44. The van der Waals surface area contributed by atoms with Crippen molar-refractivity contribution in [3.8, 4) is 11.5 Å². The number of methoxy groups -OCH3 is 1. The molecule has 2 aromatic carbocycles. The molecular formula is C23H22N2O3S2. The van der Waals surface area contributed by atoms with Crippen molar-refractivity contribution >= 4 is 51.2 Å². The van der Waals surface area contributed by atoms with E-state index in [2.05, 4.69) is 22.9 Å². The Morgan fingerprint density at radius 1 is 1.10 bits per heavy atom. The molecule has 1 saturated heterocycles. The number of carbonyl (C=O) groups excluding carboxylic acids is 1. The molecule has 0 aliphatic carbocycles. The third-order valence-electron chi connectivity index (χ3n) is 4.96. The highest BCUT2D eigenvalue weighted by Crippen LogP contribution is 2.33. The molecule has 1 aliphatic heterocycles. The van der Waals surface area contributed by atoms with Crippen molar-refractivity contribution in [1.29, 1.82) is 0 Å². The van der Waals surface area contributed by atoms with Gasteiger partial charge in [0.05, 0.1) is 18.6 Å². The zero-order valence-electron chi connectivity index (χ0n) is 16.8. The van der Waals surface area contributed by atoms with Crippen LogP contribution in [0.4, 0.5) is 0 Å². The van der Waals surface area contributed by atoms with Gasteiger partial charge in [-0.15, -0.1) is 0 Å². The number of likely N-dealkylation sites (N-methyl/N-ethyl adjacent to an activating group) is 1. The zero-order chi connectivity index (χ0) is 21.1. The van der Waals surface area contributed by atoms with Gasteiger partial charge < -0.3 is 14.0 Å². The van der Waals surface area contributed by atoms with Gasteiger partial charge in [0.2, 0.25) is 0 Å². The summed E-state index contributed by atoms with van der Waals surface area (Å²) >= 11 is 6.59. The maximum atomic E-state index is 12.4. The van der Waals surface area contributed by atoms with E-state index in [9.17, 15) is 4.79 Å². The van der Waals surface area contributed by atoms with Crippen molar-refractivity contribution in [3.63, 3.8) is 0 Å². The smallest absolute Gasteiger partial charge is 0.265 e. The number of carbonyl (C=O) groups is 1. The molecule has 0 unspecified atom stereocenters. The number of amides is 1. The molecule has 30 heavy (non-hydrogen) atoms. The quantitative estimate of drug-likeness (QED) is 0.297. The topological polar surface area (TPSA) is 43.7 Å². The van der Waals surface area contributed by atoms with Crippen LogP contribution in [0, 0.1) is 0 Å². The number of thioether (sulfide) groups is 1. The van der Waals surface area contributed by atoms with Crippen LogP contribution < -0.4 is 9.47 Å². The molecule has 0 saturated carbocycles. The number of nitrogens with zero attached hydrogens (tertiary/aromatic N) is 2. The van der Waals surface area contributed by atoms with Crippen LogP contribution >= 0.6 is 24.0 Å². The van der Waals surface area contributed by atoms with Gasteiger partial charge >= 0.3 is 0 Å². The van der Waals surface area contributed by atoms with Gasteiger partial charge in [0, 0.05) is 36.3 Å². The Morgan fingerprint density at radius 3 is 2.57 bits per heavy atom. The number of ether oxygens (including phenoxy) is 2. The Morgan fingerprint density at radius 2 is 1.83 bits per heavy atom. The molecule has 0 spiro atoms. The van der Waals surface area contributed by atoms with Crippen molar-refractivity contribution in [1.82, 2.24) is 9.47 Å². The first-order valence-corrected chi connectivity index (χ1v) is 10.9. The minimum atomic E-state index is -0.0490. The van der Waals surface area contributed by atoms with Crippen LogP contribution in [0.1, 0.15) is 12.0 Å². The van der Waals surface area contributed by atoms with E-state index in [-0.39, 0.29) is 5.91 Å². The molecule has 1 fully saturated rings. The summed E-state index contributed by atoms with van der Waals surface area (Å²) < 4.78 is 14.0. The number of para-hydroxylation sites is 3. The van der Waals surface area contributed by atoms with Crippen LogP contribution in [0.2, 0.25) is 0 Å². The highest BCUT2D eigenvalue weighted by atomic mass is 32.2. The predicted octanol–water partition coefficient (Wildman–Crippen LogP) is 4.95. The van der Waals surface area contributed by atoms with Crippen molar-refractivity contribution in [2.24, 2.45) is 0 Å². The van der Waals surface area contributed by atoms with Crippen molar-refractivity contribution in [3.05, 3.63) is 65.2 Å². The lowest BCUT2D eigenvalue weighted by Crippen LogP contribution is -2.22. The molecule has 0 atom stereocenters. The second kappa shape index (κ2) is 8.93. The Hall–Kier alpha value is -2.77. The van der Waals surface area contributed by atoms with Crippen LogP contribution in [0.3, 0.4) is 0 Å². The highest BCUT2D eigenvalue weighted by molar-refractivity contribution is 8.26. The second-order valence-corrected chi connectivity index (χ2v) is 8.56. The maximum Gasteiger partial charge on any atom is 0.265 e. The summed E-state index contributed by atoms with van der Waals surface area (Å²) in [4.78, 5) is 14.5. The van der Waals surface area contributed by atoms with Crippen LogP contribution in [0.5, 0.6) is 11.5 Å². The summed E-state index contributed by atoms with van der Waals surface area (Å²) in [5.41, 5.74) is 2.15. The van der Waals surface area contributed by atoms with Gasteiger partial charge in [0.1, 0.15) is 4.32 Å². The van der Waals surface area contributed by atoms with Crippen molar-refractivity contribution < 1.29 is 14.3 Å². The summed E-state index contributed by atoms with van der Waals surface area (Å²) in [7, 11) is 3.35. The number of hydrogen-bond donors (Lipinski definition) is 0. The van der Waals surface area contributed by atoms with Gasteiger partial charge in [-0.1, -0.05) is 54.3 Å². The SMILES string of the molecule is COc1ccccc1OCCCn1cc(/C=C2\SC(=S)N(C)C2=O)c2ccccc21. The standard InChI is InChI=1S/C23H22N2O3S2/c1-24-22(26)21(30-23(24)29)14-16-15-25(18-9-4-3-8-17(16)18)12-7-13-28-20-11-6-5-10-19(20)27-2/h3-6,8-11,14-15H,7,12-13H2,1-2H3/b21-14-. The summed E-state index contributed by atoms with van der Waals surface area (Å²) in [6.07, 6.45) is 4.87. The van der Waals surface area contributed by atoms with Crippen LogP contribution in [-0.2, 0) is 11.3 Å². The third-order valence-corrected chi connectivity index (χ3v) is 6.45. The van der Waals surface area contributed by atoms with Gasteiger partial charge in [0.25, 0.3) is 5.91 Å². The minimum absolute atomic E-state index is 0.0490. The summed E-state index contributed by atoms with van der Waals surface area (Å²) in [6.45, 7) is 1.38. The van der Waals surface area contributed by atoms with E-state index in [0.717, 1.165) is 40.9 Å². The molecule has 1 aliphatic rings. The lowest BCUT2D eigenvalue weighted by molar-refractivity contribution is -0.121. The molecule has 3 aromatic rings. The van der Waals surface area contributed by atoms with E-state index >= 15 is 0 Å². The zero-order valence-corrected chi connectivity index (χ0v) is 18.5. The van der Waals surface area contributed by atoms with Crippen molar-refractivity contribution in [2.75, 3.05) is 20.8 Å². The number of aryl methyl sites for hydroxylation is 1. The van der Waals surface area contributed by atoms with E-state index in [0.29, 0.717) is 15.8 Å². The molecule has 0 N–H and O–H groups in total. The third kappa shape index (κ3) is 4.08. The van der Waals surface area contributed by atoms with Crippen LogP contribution in [0.25, 0.3) is 17.0 Å². The first-order chi connectivity index (χ1) is 14.6. The van der Waals surface area contributed by atoms with Gasteiger partial charge in [-0.3, -0.25) is 9.69 Å². The Kier molecular flexibility index (Phi) is 6.11. The van der Waals surface area contributed by atoms with E-state index in [1.807, 2.05) is 42.5 Å². The van der Waals surface area contributed by atoms with E-state index < -0.39 is 0 Å². The summed E-state index contributed by atoms with van der Waals surface area (Å²) in [5, 5.41) is 1.12. The number of rotatable bonds is 7.